The lowest BCUT2D eigenvalue weighted by Gasteiger charge is -2.40. The van der Waals surface area contributed by atoms with E-state index in [1.165, 1.54) is 71.5 Å². The van der Waals surface area contributed by atoms with Gasteiger partial charge >= 0.3 is 0 Å². The molecule has 0 spiro atoms. The van der Waals surface area contributed by atoms with Gasteiger partial charge in [-0.3, -0.25) is 0 Å². The van der Waals surface area contributed by atoms with Gasteiger partial charge in [0.1, 0.15) is 11.9 Å². The predicted molar refractivity (Wildman–Crippen MR) is 169 cm³/mol. The average Bonchev–Trinajstić information content (AvgIpc) is 3.12. The molecule has 3 aliphatic rings. The summed E-state index contributed by atoms with van der Waals surface area (Å²) in [5, 5.41) is 6.58. The van der Waals surface area contributed by atoms with Crippen LogP contribution in [0.1, 0.15) is 23.2 Å². The van der Waals surface area contributed by atoms with Gasteiger partial charge in [0, 0.05) is 34.5 Å². The van der Waals surface area contributed by atoms with E-state index in [0.717, 1.165) is 12.2 Å². The Morgan fingerprint density at radius 2 is 1.57 bits per heavy atom. The number of allylic oxidation sites excluding steroid dienone is 2. The summed E-state index contributed by atoms with van der Waals surface area (Å²) in [6.07, 6.45) is 8.21. The quantitative estimate of drug-likeness (QED) is 0.163. The van der Waals surface area contributed by atoms with Crippen LogP contribution in [0, 0.1) is 13.8 Å². The number of ether oxygens (including phenoxy) is 1. The monoisotopic (exact) mass is 513 g/mol. The molecule has 40 heavy (non-hydrogen) atoms. The molecule has 3 heteroatoms. The second kappa shape index (κ2) is 8.02. The lowest BCUT2D eigenvalue weighted by atomic mass is 9.30. The van der Waals surface area contributed by atoms with Crippen LogP contribution in [0.15, 0.2) is 109 Å². The van der Waals surface area contributed by atoms with Crippen LogP contribution in [0.2, 0.25) is 5.82 Å². The van der Waals surface area contributed by atoms with E-state index < -0.39 is 0 Å². The molecule has 0 radical (unpaired) electrons. The lowest BCUT2D eigenvalue weighted by Crippen LogP contribution is -2.57. The van der Waals surface area contributed by atoms with Crippen molar-refractivity contribution in [2.24, 2.45) is 0 Å². The molecule has 1 aliphatic carbocycles. The summed E-state index contributed by atoms with van der Waals surface area (Å²) in [6.45, 7) is 4.78. The molecule has 3 heterocycles. The molecule has 190 valence electrons. The molecule has 0 N–H and O–H groups in total. The van der Waals surface area contributed by atoms with Gasteiger partial charge in [-0.15, -0.1) is 0 Å². The van der Waals surface area contributed by atoms with Crippen molar-refractivity contribution in [3.63, 3.8) is 0 Å². The second-order valence-electron chi connectivity index (χ2n) is 11.6. The van der Waals surface area contributed by atoms with Crippen molar-refractivity contribution in [2.45, 2.75) is 32.2 Å². The molecular formula is C37H28BNO. The Morgan fingerprint density at radius 3 is 2.48 bits per heavy atom. The Kier molecular flexibility index (Phi) is 4.48. The smallest absolute Gasteiger partial charge is 0.230 e. The van der Waals surface area contributed by atoms with Crippen molar-refractivity contribution in [1.29, 1.82) is 0 Å². The lowest BCUT2D eigenvalue weighted by molar-refractivity contribution is 0.204. The van der Waals surface area contributed by atoms with E-state index in [0.29, 0.717) is 0 Å². The fourth-order valence-electron chi connectivity index (χ4n) is 7.81. The standard InChI is InChI=1S/C37H28BNO/c1-22-23(2)39-33-15-8-16-35-36(33)38(32-14-7-13-26(22)37(32)39)31-19-17-24(18-20-34(31)40-35)30-21-25-9-3-4-10-27(25)28-11-5-6-12-29(28)30/h3-19,21,31,34H,20H2,1-2H3. The van der Waals surface area contributed by atoms with Crippen molar-refractivity contribution >= 4 is 55.7 Å². The summed E-state index contributed by atoms with van der Waals surface area (Å²) in [4.78, 5) is 0. The fraction of sp³-hybridized carbons (Fsp3) is 0.135. The highest BCUT2D eigenvalue weighted by Crippen LogP contribution is 2.42. The molecule has 2 atom stereocenters. The molecule has 9 rings (SSSR count). The van der Waals surface area contributed by atoms with Crippen molar-refractivity contribution in [3.05, 3.63) is 126 Å². The molecule has 6 aromatic rings. The van der Waals surface area contributed by atoms with Crippen molar-refractivity contribution in [1.82, 2.24) is 4.57 Å². The predicted octanol–water partition coefficient (Wildman–Crippen LogP) is 7.65. The van der Waals surface area contributed by atoms with Gasteiger partial charge in [0.15, 0.2) is 0 Å². The Bertz CT molecular complexity index is 2110. The number of para-hydroxylation sites is 1. The van der Waals surface area contributed by atoms with E-state index in [4.69, 9.17) is 4.74 Å². The average molecular weight is 513 g/mol. The fourth-order valence-corrected chi connectivity index (χ4v) is 7.81. The molecule has 2 unspecified atom stereocenters. The highest BCUT2D eigenvalue weighted by Gasteiger charge is 2.46. The third-order valence-electron chi connectivity index (χ3n) is 9.74. The van der Waals surface area contributed by atoms with Crippen LogP contribution in [-0.4, -0.2) is 17.4 Å². The van der Waals surface area contributed by atoms with Crippen LogP contribution in [-0.2, 0) is 0 Å². The van der Waals surface area contributed by atoms with Crippen molar-refractivity contribution in [3.8, 4) is 11.4 Å². The van der Waals surface area contributed by atoms with Gasteiger partial charge in [-0.2, -0.15) is 0 Å². The zero-order valence-corrected chi connectivity index (χ0v) is 22.7. The number of rotatable bonds is 1. The van der Waals surface area contributed by atoms with E-state index in [9.17, 15) is 0 Å². The maximum Gasteiger partial charge on any atom is 0.230 e. The number of fused-ring (bicyclic) bond motifs is 7. The first-order chi connectivity index (χ1) is 19.7. The molecule has 0 saturated carbocycles. The van der Waals surface area contributed by atoms with E-state index in [2.05, 4.69) is 128 Å². The summed E-state index contributed by atoms with van der Waals surface area (Å²) in [6, 6.07) is 33.4. The third kappa shape index (κ3) is 2.85. The molecule has 0 amide bonds. The minimum atomic E-state index is 0.0900. The maximum absolute atomic E-state index is 6.85. The first kappa shape index (κ1) is 22.3. The highest BCUT2D eigenvalue weighted by molar-refractivity contribution is 6.90. The van der Waals surface area contributed by atoms with E-state index >= 15 is 0 Å². The number of hydrogen-bond donors (Lipinski definition) is 0. The SMILES string of the molecule is Cc1c(C)n2c3c(cccc13)B1c3c(cccc3-2)OC2CC=C(c3cc4ccccc4c4ccccc34)C=CC12. The summed E-state index contributed by atoms with van der Waals surface area (Å²) in [5.74, 6) is 1.29. The summed E-state index contributed by atoms with van der Waals surface area (Å²) < 4.78 is 9.33. The van der Waals surface area contributed by atoms with Gasteiger partial charge in [0.25, 0.3) is 0 Å². The zero-order chi connectivity index (χ0) is 26.5. The van der Waals surface area contributed by atoms with Crippen LogP contribution in [0.3, 0.4) is 0 Å². The number of nitrogens with zero attached hydrogens (tertiary/aromatic N) is 1. The molecule has 5 aromatic carbocycles. The summed E-state index contributed by atoms with van der Waals surface area (Å²) >= 11 is 0. The molecule has 2 nitrogen and oxygen atoms in total. The normalized spacial score (nSPS) is 18.9. The zero-order valence-electron chi connectivity index (χ0n) is 22.7. The largest absolute Gasteiger partial charge is 0.491 e. The maximum atomic E-state index is 6.85. The minimum Gasteiger partial charge on any atom is -0.491 e. The van der Waals surface area contributed by atoms with Crippen LogP contribution in [0.25, 0.3) is 43.7 Å². The molecule has 2 aliphatic heterocycles. The van der Waals surface area contributed by atoms with Gasteiger partial charge in [-0.05, 0) is 81.2 Å². The Balaban J connectivity index is 1.24. The van der Waals surface area contributed by atoms with E-state index in [1.54, 1.807) is 0 Å². The van der Waals surface area contributed by atoms with E-state index in [1.807, 2.05) is 0 Å². The van der Waals surface area contributed by atoms with Gasteiger partial charge in [0.2, 0.25) is 6.71 Å². The first-order valence-electron chi connectivity index (χ1n) is 14.4. The van der Waals surface area contributed by atoms with Gasteiger partial charge < -0.3 is 9.30 Å². The number of hydrogen-bond acceptors (Lipinski definition) is 1. The molecule has 0 fully saturated rings. The molecule has 0 saturated heterocycles. The van der Waals surface area contributed by atoms with Crippen molar-refractivity contribution < 1.29 is 4.74 Å². The molecular weight excluding hydrogens is 485 g/mol. The second-order valence-corrected chi connectivity index (χ2v) is 11.6. The van der Waals surface area contributed by atoms with Gasteiger partial charge in [-0.25, -0.2) is 0 Å². The van der Waals surface area contributed by atoms with E-state index in [-0.39, 0.29) is 18.6 Å². The topological polar surface area (TPSA) is 14.2 Å². The van der Waals surface area contributed by atoms with Crippen LogP contribution < -0.4 is 15.7 Å². The Hall–Kier alpha value is -4.50. The van der Waals surface area contributed by atoms with Crippen LogP contribution in [0.4, 0.5) is 0 Å². The van der Waals surface area contributed by atoms with Crippen LogP contribution in [0.5, 0.6) is 5.75 Å². The molecule has 1 aromatic heterocycles. The third-order valence-corrected chi connectivity index (χ3v) is 9.74. The van der Waals surface area contributed by atoms with Gasteiger partial charge in [-0.1, -0.05) is 91.0 Å². The van der Waals surface area contributed by atoms with Crippen LogP contribution >= 0.6 is 0 Å². The van der Waals surface area contributed by atoms with Gasteiger partial charge in [0.05, 0.1) is 0 Å². The summed E-state index contributed by atoms with van der Waals surface area (Å²) in [7, 11) is 0. The Labute approximate surface area is 234 Å². The number of aryl methyl sites for hydroxylation is 1. The Morgan fingerprint density at radius 1 is 0.800 bits per heavy atom. The first-order valence-corrected chi connectivity index (χ1v) is 14.4. The van der Waals surface area contributed by atoms with Crippen molar-refractivity contribution in [2.75, 3.05) is 0 Å². The highest BCUT2D eigenvalue weighted by atomic mass is 16.5. The summed E-state index contributed by atoms with van der Waals surface area (Å²) in [5.41, 5.74) is 10.7. The number of benzene rings is 5. The number of aromatic nitrogens is 1. The molecule has 0 bridgehead atoms. The minimum absolute atomic E-state index is 0.0900.